The zero-order valence-corrected chi connectivity index (χ0v) is 16.6. The molecule has 0 bridgehead atoms. The van der Waals surface area contributed by atoms with Crippen molar-refractivity contribution in [2.24, 2.45) is 0 Å². The van der Waals surface area contributed by atoms with Gasteiger partial charge in [0.05, 0.1) is 11.5 Å². The first kappa shape index (κ1) is 19.4. The fourth-order valence-electron chi connectivity index (χ4n) is 2.96. The molecule has 0 amide bonds. The van der Waals surface area contributed by atoms with E-state index in [0.717, 1.165) is 22.5 Å². The maximum absolute atomic E-state index is 13.0. The molecule has 0 unspecified atom stereocenters. The predicted octanol–water partition coefficient (Wildman–Crippen LogP) is 4.33. The number of unbranched alkanes of at least 4 members (excludes halogenated alkanes) is 4. The van der Waals surface area contributed by atoms with Gasteiger partial charge in [-0.3, -0.25) is 0 Å². The van der Waals surface area contributed by atoms with Crippen molar-refractivity contribution >= 4 is 21.1 Å². The quantitative estimate of drug-likeness (QED) is 0.511. The smallest absolute Gasteiger partial charge is 0.284 e. The Morgan fingerprint density at radius 3 is 2.59 bits per heavy atom. The van der Waals surface area contributed by atoms with Crippen LogP contribution in [0.2, 0.25) is 0 Å². The van der Waals surface area contributed by atoms with Gasteiger partial charge in [0.2, 0.25) is 0 Å². The molecule has 0 aliphatic heterocycles. The fourth-order valence-corrected chi connectivity index (χ4v) is 4.27. The highest BCUT2D eigenvalue weighted by molar-refractivity contribution is 7.90. The van der Waals surface area contributed by atoms with Gasteiger partial charge in [0.15, 0.2) is 0 Å². The van der Waals surface area contributed by atoms with Crippen LogP contribution in [0.1, 0.15) is 44.6 Å². The van der Waals surface area contributed by atoms with E-state index in [1.165, 1.54) is 19.3 Å². The molecule has 1 aromatic heterocycles. The van der Waals surface area contributed by atoms with Crippen molar-refractivity contribution in [2.45, 2.75) is 50.8 Å². The Labute approximate surface area is 160 Å². The number of hydrogen-bond donors (Lipinski definition) is 0. The van der Waals surface area contributed by atoms with Crippen LogP contribution < -0.4 is 4.74 Å². The first-order valence-electron chi connectivity index (χ1n) is 9.33. The van der Waals surface area contributed by atoms with Crippen molar-refractivity contribution in [2.75, 3.05) is 6.61 Å². The average molecular weight is 388 g/mol. The zero-order chi connectivity index (χ0) is 19.3. The van der Waals surface area contributed by atoms with Gasteiger partial charge >= 0.3 is 0 Å². The molecule has 3 aromatic rings. The van der Waals surface area contributed by atoms with Gasteiger partial charge in [0, 0.05) is 0 Å². The van der Waals surface area contributed by atoms with Crippen molar-refractivity contribution < 1.29 is 13.2 Å². The number of nitrogens with zero attached hydrogens (tertiary/aromatic N) is 3. The topological polar surface area (TPSA) is 74.1 Å². The molecule has 144 valence electrons. The van der Waals surface area contributed by atoms with Crippen molar-refractivity contribution in [3.8, 4) is 5.75 Å². The van der Waals surface area contributed by atoms with E-state index in [9.17, 15) is 8.42 Å². The minimum atomic E-state index is -3.81. The van der Waals surface area contributed by atoms with Crippen LogP contribution in [0.4, 0.5) is 0 Å². The molecule has 0 aliphatic carbocycles. The first-order valence-corrected chi connectivity index (χ1v) is 10.8. The molecule has 0 saturated carbocycles. The fraction of sp³-hybridized carbons (Fsp3) is 0.400. The van der Waals surface area contributed by atoms with Crippen LogP contribution >= 0.6 is 0 Å². The normalized spacial score (nSPS) is 11.8. The number of benzene rings is 2. The third kappa shape index (κ3) is 4.30. The lowest BCUT2D eigenvalue weighted by Crippen LogP contribution is -2.15. The molecule has 27 heavy (non-hydrogen) atoms. The lowest BCUT2D eigenvalue weighted by molar-refractivity contribution is 0.302. The second kappa shape index (κ2) is 8.52. The highest BCUT2D eigenvalue weighted by atomic mass is 32.2. The summed E-state index contributed by atoms with van der Waals surface area (Å²) < 4.78 is 32.7. The van der Waals surface area contributed by atoms with E-state index in [1.807, 2.05) is 6.92 Å². The summed E-state index contributed by atoms with van der Waals surface area (Å²) in [6.07, 6.45) is 5.85. The standard InChI is InChI=1S/C20H25N3O3S/c1-3-4-5-6-9-14-26-20-13-12-17(15-16(20)2)27(24,25)23-19-11-8-7-10-18(19)21-22-23/h7-8,10-13,15H,3-6,9,14H2,1-2H3. The van der Waals surface area contributed by atoms with Crippen molar-refractivity contribution in [3.05, 3.63) is 48.0 Å². The van der Waals surface area contributed by atoms with Crippen LogP contribution in [0.3, 0.4) is 0 Å². The van der Waals surface area contributed by atoms with E-state index >= 15 is 0 Å². The Hall–Kier alpha value is -2.41. The minimum Gasteiger partial charge on any atom is -0.493 e. The summed E-state index contributed by atoms with van der Waals surface area (Å²) in [7, 11) is -3.81. The highest BCUT2D eigenvalue weighted by Crippen LogP contribution is 2.25. The largest absolute Gasteiger partial charge is 0.493 e. The average Bonchev–Trinajstić information content (AvgIpc) is 3.10. The van der Waals surface area contributed by atoms with Crippen LogP contribution in [0.5, 0.6) is 5.75 Å². The molecule has 0 N–H and O–H groups in total. The second-order valence-electron chi connectivity index (χ2n) is 6.62. The van der Waals surface area contributed by atoms with Gasteiger partial charge in [-0.15, -0.1) is 9.19 Å². The van der Waals surface area contributed by atoms with E-state index in [4.69, 9.17) is 4.74 Å². The molecule has 0 radical (unpaired) electrons. The van der Waals surface area contributed by atoms with Gasteiger partial charge in [-0.1, -0.05) is 50.0 Å². The van der Waals surface area contributed by atoms with Gasteiger partial charge < -0.3 is 4.74 Å². The number of ether oxygens (including phenoxy) is 1. The van der Waals surface area contributed by atoms with E-state index in [1.54, 1.807) is 42.5 Å². The van der Waals surface area contributed by atoms with Gasteiger partial charge in [0.25, 0.3) is 10.0 Å². The molecule has 7 heteroatoms. The Morgan fingerprint density at radius 2 is 1.81 bits per heavy atom. The van der Waals surface area contributed by atoms with E-state index in [-0.39, 0.29) is 4.90 Å². The van der Waals surface area contributed by atoms with Crippen LogP contribution in [-0.4, -0.2) is 29.4 Å². The summed E-state index contributed by atoms with van der Waals surface area (Å²) in [5.41, 5.74) is 1.79. The molecular formula is C20H25N3O3S. The van der Waals surface area contributed by atoms with Crippen molar-refractivity contribution in [3.63, 3.8) is 0 Å². The monoisotopic (exact) mass is 387 g/mol. The van der Waals surface area contributed by atoms with Gasteiger partial charge in [0.1, 0.15) is 16.8 Å². The minimum absolute atomic E-state index is 0.172. The maximum atomic E-state index is 13.0. The third-order valence-corrected chi connectivity index (χ3v) is 6.07. The summed E-state index contributed by atoms with van der Waals surface area (Å²) in [6, 6.07) is 11.9. The van der Waals surface area contributed by atoms with Crippen LogP contribution in [0, 0.1) is 6.92 Å². The van der Waals surface area contributed by atoms with Crippen LogP contribution in [-0.2, 0) is 10.0 Å². The molecule has 2 aromatic carbocycles. The first-order chi connectivity index (χ1) is 13.0. The molecule has 6 nitrogen and oxygen atoms in total. The summed E-state index contributed by atoms with van der Waals surface area (Å²) >= 11 is 0. The summed E-state index contributed by atoms with van der Waals surface area (Å²) in [5.74, 6) is 0.716. The molecule has 0 spiro atoms. The Bertz CT molecular complexity index is 1010. The zero-order valence-electron chi connectivity index (χ0n) is 15.8. The van der Waals surface area contributed by atoms with E-state index in [2.05, 4.69) is 17.2 Å². The maximum Gasteiger partial charge on any atom is 0.284 e. The number of fused-ring (bicyclic) bond motifs is 1. The van der Waals surface area contributed by atoms with E-state index in [0.29, 0.717) is 23.4 Å². The van der Waals surface area contributed by atoms with E-state index < -0.39 is 10.0 Å². The Morgan fingerprint density at radius 1 is 1.04 bits per heavy atom. The number of rotatable bonds is 9. The number of aryl methyl sites for hydroxylation is 1. The Kier molecular flexibility index (Phi) is 6.11. The molecule has 0 atom stereocenters. The third-order valence-electron chi connectivity index (χ3n) is 4.50. The highest BCUT2D eigenvalue weighted by Gasteiger charge is 2.22. The Balaban J connectivity index is 1.74. The molecule has 3 rings (SSSR count). The van der Waals surface area contributed by atoms with Crippen LogP contribution in [0.25, 0.3) is 11.0 Å². The number of aromatic nitrogens is 3. The van der Waals surface area contributed by atoms with Crippen molar-refractivity contribution in [1.29, 1.82) is 0 Å². The summed E-state index contributed by atoms with van der Waals surface area (Å²) in [4.78, 5) is 0.172. The van der Waals surface area contributed by atoms with Gasteiger partial charge in [-0.05, 0) is 49.2 Å². The molecule has 0 saturated heterocycles. The lowest BCUT2D eigenvalue weighted by Gasteiger charge is -2.11. The summed E-state index contributed by atoms with van der Waals surface area (Å²) in [6.45, 7) is 4.69. The number of para-hydroxylation sites is 1. The summed E-state index contributed by atoms with van der Waals surface area (Å²) in [5, 5.41) is 7.76. The van der Waals surface area contributed by atoms with Crippen molar-refractivity contribution in [1.82, 2.24) is 14.4 Å². The molecule has 1 heterocycles. The number of hydrogen-bond acceptors (Lipinski definition) is 5. The van der Waals surface area contributed by atoms with Gasteiger partial charge in [-0.2, -0.15) is 8.42 Å². The molecule has 0 aliphatic rings. The lowest BCUT2D eigenvalue weighted by atomic mass is 10.2. The molecular weight excluding hydrogens is 362 g/mol. The van der Waals surface area contributed by atoms with Crippen LogP contribution in [0.15, 0.2) is 47.4 Å². The van der Waals surface area contributed by atoms with Gasteiger partial charge in [-0.25, -0.2) is 0 Å². The SMILES string of the molecule is CCCCCCCOc1ccc(S(=O)(=O)n2nnc3ccccc32)cc1C. The second-order valence-corrected chi connectivity index (χ2v) is 8.38. The predicted molar refractivity (Wildman–Crippen MR) is 106 cm³/mol. The molecule has 0 fully saturated rings.